The minimum atomic E-state index is 0.700. The summed E-state index contributed by atoms with van der Waals surface area (Å²) in [6.45, 7) is 4.10. The maximum absolute atomic E-state index is 5.94. The lowest BCUT2D eigenvalue weighted by atomic mass is 10.3. The van der Waals surface area contributed by atoms with Crippen LogP contribution in [0.5, 0.6) is 0 Å². The van der Waals surface area contributed by atoms with Gasteiger partial charge >= 0.3 is 0 Å². The number of anilines is 2. The third-order valence-electron chi connectivity index (χ3n) is 2.80. The van der Waals surface area contributed by atoms with E-state index in [-0.39, 0.29) is 0 Å². The monoisotopic (exact) mass is 240 g/mol. The molecule has 0 aliphatic carbocycles. The van der Waals surface area contributed by atoms with Gasteiger partial charge in [-0.15, -0.1) is 0 Å². The average Bonchev–Trinajstić information content (AvgIpc) is 2.27. The van der Waals surface area contributed by atoms with E-state index in [4.69, 9.17) is 17.3 Å². The molecule has 1 saturated heterocycles. The number of rotatable bonds is 2. The quantitative estimate of drug-likeness (QED) is 0.769. The molecule has 1 aromatic rings. The van der Waals surface area contributed by atoms with Gasteiger partial charge in [0.15, 0.2) is 0 Å². The lowest BCUT2D eigenvalue weighted by Gasteiger charge is -2.33. The predicted octanol–water partition coefficient (Wildman–Crippen LogP) is 1.50. The molecule has 0 atom stereocenters. The molecule has 0 bridgehead atoms. The van der Waals surface area contributed by atoms with Gasteiger partial charge in [-0.05, 0) is 25.2 Å². The molecule has 1 aliphatic rings. The van der Waals surface area contributed by atoms with Gasteiger partial charge in [0.2, 0.25) is 0 Å². The highest BCUT2D eigenvalue weighted by atomic mass is 35.5. The van der Waals surface area contributed by atoms with Crippen LogP contribution < -0.4 is 11.2 Å². The van der Waals surface area contributed by atoms with Crippen molar-refractivity contribution in [3.8, 4) is 0 Å². The summed E-state index contributed by atoms with van der Waals surface area (Å²) in [5.74, 6) is 0. The first-order valence-corrected chi connectivity index (χ1v) is 5.78. The van der Waals surface area contributed by atoms with Crippen LogP contribution in [0, 0.1) is 0 Å². The predicted molar refractivity (Wildman–Crippen MR) is 68.6 cm³/mol. The summed E-state index contributed by atoms with van der Waals surface area (Å²) in [6.07, 6.45) is 0. The van der Waals surface area contributed by atoms with E-state index in [2.05, 4.69) is 22.4 Å². The number of likely N-dealkylation sites (N-methyl/N-ethyl adjacent to an activating group) is 1. The molecule has 0 spiro atoms. The largest absolute Gasteiger partial charge is 0.397 e. The van der Waals surface area contributed by atoms with Gasteiger partial charge in [-0.25, -0.2) is 5.01 Å². The maximum Gasteiger partial charge on any atom is 0.0734 e. The fourth-order valence-corrected chi connectivity index (χ4v) is 1.89. The molecule has 1 heterocycles. The fourth-order valence-electron chi connectivity index (χ4n) is 1.71. The van der Waals surface area contributed by atoms with Gasteiger partial charge < -0.3 is 16.1 Å². The van der Waals surface area contributed by atoms with E-state index in [0.29, 0.717) is 5.02 Å². The summed E-state index contributed by atoms with van der Waals surface area (Å²) in [4.78, 5) is 2.31. The van der Waals surface area contributed by atoms with Crippen LogP contribution in [-0.4, -0.2) is 43.1 Å². The maximum atomic E-state index is 5.94. The Morgan fingerprint density at radius 3 is 2.62 bits per heavy atom. The summed E-state index contributed by atoms with van der Waals surface area (Å²) in [6, 6.07) is 5.47. The van der Waals surface area contributed by atoms with Crippen LogP contribution in [0.25, 0.3) is 0 Å². The first-order valence-electron chi connectivity index (χ1n) is 5.40. The number of nitrogen functional groups attached to an aromatic ring is 1. The second-order valence-electron chi connectivity index (χ2n) is 4.13. The van der Waals surface area contributed by atoms with Crippen LogP contribution in [-0.2, 0) is 0 Å². The van der Waals surface area contributed by atoms with Gasteiger partial charge in [-0.3, -0.25) is 0 Å². The third kappa shape index (κ3) is 2.78. The number of halogens is 1. The van der Waals surface area contributed by atoms with Crippen molar-refractivity contribution in [3.05, 3.63) is 23.2 Å². The second-order valence-corrected chi connectivity index (χ2v) is 4.57. The van der Waals surface area contributed by atoms with Crippen molar-refractivity contribution in [2.75, 3.05) is 44.4 Å². The van der Waals surface area contributed by atoms with E-state index in [1.807, 2.05) is 12.1 Å². The Hall–Kier alpha value is -0.970. The molecule has 4 nitrogen and oxygen atoms in total. The van der Waals surface area contributed by atoms with Crippen LogP contribution in [0.15, 0.2) is 18.2 Å². The van der Waals surface area contributed by atoms with Gasteiger partial charge in [-0.1, -0.05) is 11.6 Å². The first kappa shape index (κ1) is 11.5. The van der Waals surface area contributed by atoms with Crippen LogP contribution in [0.2, 0.25) is 5.02 Å². The Morgan fingerprint density at radius 2 is 1.94 bits per heavy atom. The number of piperazine rings is 1. The molecule has 3 N–H and O–H groups in total. The van der Waals surface area contributed by atoms with E-state index < -0.39 is 0 Å². The van der Waals surface area contributed by atoms with Gasteiger partial charge in [0, 0.05) is 31.2 Å². The Bertz CT molecular complexity index is 361. The van der Waals surface area contributed by atoms with Gasteiger partial charge in [0.25, 0.3) is 0 Å². The first-order chi connectivity index (χ1) is 7.65. The highest BCUT2D eigenvalue weighted by molar-refractivity contribution is 6.31. The molecule has 0 unspecified atom stereocenters. The molecule has 0 radical (unpaired) electrons. The molecule has 1 aromatic carbocycles. The minimum Gasteiger partial charge on any atom is -0.397 e. The number of nitrogens with zero attached hydrogens (tertiary/aromatic N) is 2. The molecule has 88 valence electrons. The SMILES string of the molecule is CN1CCN(Nc2cc(Cl)ccc2N)CC1. The van der Waals surface area contributed by atoms with Crippen molar-refractivity contribution in [1.82, 2.24) is 9.91 Å². The molecule has 0 aromatic heterocycles. The van der Waals surface area contributed by atoms with Gasteiger partial charge in [-0.2, -0.15) is 0 Å². The topological polar surface area (TPSA) is 44.5 Å². The lowest BCUT2D eigenvalue weighted by Crippen LogP contribution is -2.47. The van der Waals surface area contributed by atoms with Crippen molar-refractivity contribution < 1.29 is 0 Å². The average molecular weight is 241 g/mol. The van der Waals surface area contributed by atoms with Gasteiger partial charge in [0.05, 0.1) is 11.4 Å². The van der Waals surface area contributed by atoms with E-state index in [1.165, 1.54) is 0 Å². The third-order valence-corrected chi connectivity index (χ3v) is 3.03. The number of hydrogen-bond donors (Lipinski definition) is 2. The van der Waals surface area contributed by atoms with Crippen molar-refractivity contribution in [2.45, 2.75) is 0 Å². The molecule has 1 aliphatic heterocycles. The summed E-state index contributed by atoms with van der Waals surface area (Å²) in [5.41, 5.74) is 10.8. The van der Waals surface area contributed by atoms with Gasteiger partial charge in [0.1, 0.15) is 0 Å². The van der Waals surface area contributed by atoms with Crippen LogP contribution in [0.3, 0.4) is 0 Å². The summed E-state index contributed by atoms with van der Waals surface area (Å²) in [7, 11) is 2.13. The zero-order chi connectivity index (χ0) is 11.5. The molecular formula is C11H17ClN4. The van der Waals surface area contributed by atoms with Crippen molar-refractivity contribution in [2.24, 2.45) is 0 Å². The molecule has 1 fully saturated rings. The van der Waals surface area contributed by atoms with Crippen molar-refractivity contribution in [1.29, 1.82) is 0 Å². The fraction of sp³-hybridized carbons (Fsp3) is 0.455. The zero-order valence-corrected chi connectivity index (χ0v) is 10.2. The molecule has 2 rings (SSSR count). The normalized spacial score (nSPS) is 18.6. The molecular weight excluding hydrogens is 224 g/mol. The number of nitrogens with two attached hydrogens (primary N) is 1. The highest BCUT2D eigenvalue weighted by Gasteiger charge is 2.14. The highest BCUT2D eigenvalue weighted by Crippen LogP contribution is 2.23. The van der Waals surface area contributed by atoms with E-state index in [9.17, 15) is 0 Å². The number of hydrazine groups is 1. The smallest absolute Gasteiger partial charge is 0.0734 e. The molecule has 16 heavy (non-hydrogen) atoms. The van der Waals surface area contributed by atoms with Crippen LogP contribution in [0.4, 0.5) is 11.4 Å². The number of hydrogen-bond acceptors (Lipinski definition) is 4. The molecule has 0 amide bonds. The van der Waals surface area contributed by atoms with Crippen molar-refractivity contribution in [3.63, 3.8) is 0 Å². The van der Waals surface area contributed by atoms with Crippen LogP contribution >= 0.6 is 11.6 Å². The molecule has 5 heteroatoms. The Morgan fingerprint density at radius 1 is 1.25 bits per heavy atom. The van der Waals surface area contributed by atoms with E-state index in [0.717, 1.165) is 37.6 Å². The minimum absolute atomic E-state index is 0.700. The molecule has 0 saturated carbocycles. The lowest BCUT2D eigenvalue weighted by molar-refractivity contribution is 0.179. The Labute approximate surface area is 101 Å². The number of nitrogens with one attached hydrogen (secondary N) is 1. The van der Waals surface area contributed by atoms with Crippen LogP contribution in [0.1, 0.15) is 0 Å². The summed E-state index contributed by atoms with van der Waals surface area (Å²) < 4.78 is 0. The Balaban J connectivity index is 2.00. The standard InChI is InChI=1S/C11H17ClN4/c1-15-4-6-16(7-5-15)14-11-8-9(12)2-3-10(11)13/h2-3,8,14H,4-7,13H2,1H3. The second kappa shape index (κ2) is 4.91. The summed E-state index contributed by atoms with van der Waals surface area (Å²) in [5, 5.41) is 2.87. The van der Waals surface area contributed by atoms with E-state index in [1.54, 1.807) is 6.07 Å². The van der Waals surface area contributed by atoms with E-state index >= 15 is 0 Å². The zero-order valence-electron chi connectivity index (χ0n) is 9.41. The van der Waals surface area contributed by atoms with Crippen molar-refractivity contribution >= 4 is 23.0 Å². The Kier molecular flexibility index (Phi) is 3.53. The summed E-state index contributed by atoms with van der Waals surface area (Å²) >= 11 is 5.94. The number of benzene rings is 1.